The minimum atomic E-state index is -0.299. The summed E-state index contributed by atoms with van der Waals surface area (Å²) in [6.45, 7) is 5.42. The Morgan fingerprint density at radius 1 is 1.38 bits per heavy atom. The van der Waals surface area contributed by atoms with Gasteiger partial charge < -0.3 is 5.11 Å². The first kappa shape index (κ1) is 16.7. The molecule has 5 heteroatoms. The minimum absolute atomic E-state index is 0.299. The van der Waals surface area contributed by atoms with E-state index < -0.39 is 0 Å². The van der Waals surface area contributed by atoms with E-state index in [1.54, 1.807) is 0 Å². The topological polar surface area (TPSA) is 65.1 Å². The molecule has 1 aromatic carbocycles. The number of hydrogen-bond donors (Lipinski definition) is 1. The Labute approximate surface area is 143 Å². The highest BCUT2D eigenvalue weighted by molar-refractivity contribution is 5.43. The van der Waals surface area contributed by atoms with E-state index in [1.807, 2.05) is 48.9 Å². The third kappa shape index (κ3) is 3.35. The third-order valence-corrected chi connectivity index (χ3v) is 4.73. The molecule has 24 heavy (non-hydrogen) atoms. The average Bonchev–Trinajstić information content (AvgIpc) is 3.12. The van der Waals surface area contributed by atoms with Crippen molar-refractivity contribution in [1.29, 1.82) is 5.26 Å². The zero-order valence-electron chi connectivity index (χ0n) is 14.3. The van der Waals surface area contributed by atoms with Crippen LogP contribution >= 0.6 is 0 Å². The monoisotopic (exact) mass is 324 g/mol. The van der Waals surface area contributed by atoms with E-state index in [0.717, 1.165) is 42.9 Å². The van der Waals surface area contributed by atoms with E-state index >= 15 is 0 Å². The summed E-state index contributed by atoms with van der Waals surface area (Å²) >= 11 is 0. The lowest BCUT2D eigenvalue weighted by Crippen LogP contribution is -2.32. The predicted molar refractivity (Wildman–Crippen MR) is 92.7 cm³/mol. The molecule has 0 radical (unpaired) electrons. The van der Waals surface area contributed by atoms with Crippen LogP contribution in [0.3, 0.4) is 0 Å². The molecule has 0 saturated carbocycles. The molecule has 2 heterocycles. The van der Waals surface area contributed by atoms with Gasteiger partial charge in [0.15, 0.2) is 0 Å². The van der Waals surface area contributed by atoms with Crippen molar-refractivity contribution in [2.24, 2.45) is 0 Å². The van der Waals surface area contributed by atoms with Gasteiger partial charge >= 0.3 is 0 Å². The van der Waals surface area contributed by atoms with Gasteiger partial charge in [-0.25, -0.2) is 4.68 Å². The van der Waals surface area contributed by atoms with E-state index in [2.05, 4.69) is 16.1 Å². The number of aliphatic hydroxyl groups is 1. The maximum absolute atomic E-state index is 9.74. The molecule has 1 fully saturated rings. The molecule has 0 amide bonds. The van der Waals surface area contributed by atoms with Gasteiger partial charge in [-0.1, -0.05) is 18.2 Å². The van der Waals surface area contributed by atoms with Crippen molar-refractivity contribution in [3.8, 4) is 11.8 Å². The summed E-state index contributed by atoms with van der Waals surface area (Å²) in [6, 6.07) is 12.6. The Balaban J connectivity index is 1.94. The number of para-hydroxylation sites is 1. The molecule has 1 aliphatic rings. The van der Waals surface area contributed by atoms with Crippen LogP contribution in [0.1, 0.15) is 43.1 Å². The Hall–Kier alpha value is -2.16. The zero-order valence-corrected chi connectivity index (χ0v) is 14.3. The van der Waals surface area contributed by atoms with Gasteiger partial charge in [-0.15, -0.1) is 0 Å². The number of hydrogen-bond acceptors (Lipinski definition) is 4. The van der Waals surface area contributed by atoms with E-state index in [-0.39, 0.29) is 6.10 Å². The SMILES string of the molecule is Cc1nn(-c2ccccc2)c(CN2CCCC2CC(C)O)c1C#N. The second-order valence-electron chi connectivity index (χ2n) is 6.62. The van der Waals surface area contributed by atoms with E-state index in [4.69, 9.17) is 0 Å². The van der Waals surface area contributed by atoms with Crippen molar-refractivity contribution in [3.05, 3.63) is 47.3 Å². The largest absolute Gasteiger partial charge is 0.393 e. The van der Waals surface area contributed by atoms with E-state index in [9.17, 15) is 10.4 Å². The van der Waals surface area contributed by atoms with Crippen molar-refractivity contribution in [1.82, 2.24) is 14.7 Å². The summed E-state index contributed by atoms with van der Waals surface area (Å²) in [5.74, 6) is 0. The molecular formula is C19H24N4O. The molecule has 0 bridgehead atoms. The van der Waals surface area contributed by atoms with Crippen molar-refractivity contribution in [2.75, 3.05) is 6.54 Å². The van der Waals surface area contributed by atoms with Crippen molar-refractivity contribution in [2.45, 2.75) is 51.8 Å². The maximum atomic E-state index is 9.74. The van der Waals surface area contributed by atoms with Crippen molar-refractivity contribution < 1.29 is 5.11 Å². The summed E-state index contributed by atoms with van der Waals surface area (Å²) in [5.41, 5.74) is 3.35. The summed E-state index contributed by atoms with van der Waals surface area (Å²) in [6.07, 6.45) is 2.72. The van der Waals surface area contributed by atoms with Crippen LogP contribution in [-0.2, 0) is 6.54 Å². The Bertz CT molecular complexity index is 730. The second kappa shape index (κ2) is 7.16. The van der Waals surface area contributed by atoms with Gasteiger partial charge in [-0.3, -0.25) is 4.90 Å². The molecule has 1 aromatic heterocycles. The molecule has 0 spiro atoms. The quantitative estimate of drug-likeness (QED) is 0.918. The molecule has 2 unspecified atom stereocenters. The van der Waals surface area contributed by atoms with Crippen LogP contribution in [0, 0.1) is 18.3 Å². The predicted octanol–water partition coefficient (Wildman–Crippen LogP) is 2.79. The average molecular weight is 324 g/mol. The third-order valence-electron chi connectivity index (χ3n) is 4.73. The first-order valence-corrected chi connectivity index (χ1v) is 8.56. The van der Waals surface area contributed by atoms with Crippen molar-refractivity contribution >= 4 is 0 Å². The molecule has 1 N–H and O–H groups in total. The van der Waals surface area contributed by atoms with Crippen LogP contribution in [-0.4, -0.2) is 38.5 Å². The summed E-state index contributed by atoms with van der Waals surface area (Å²) in [4.78, 5) is 2.38. The molecule has 5 nitrogen and oxygen atoms in total. The lowest BCUT2D eigenvalue weighted by molar-refractivity contribution is 0.129. The van der Waals surface area contributed by atoms with Crippen LogP contribution in [0.5, 0.6) is 0 Å². The molecular weight excluding hydrogens is 300 g/mol. The standard InChI is InChI=1S/C19H24N4O/c1-14(24)11-17-9-6-10-22(17)13-19-18(12-20)15(2)21-23(19)16-7-4-3-5-8-16/h3-5,7-8,14,17,24H,6,9-11,13H2,1-2H3. The first-order chi connectivity index (χ1) is 11.6. The highest BCUT2D eigenvalue weighted by Crippen LogP contribution is 2.26. The number of aliphatic hydroxyl groups excluding tert-OH is 1. The smallest absolute Gasteiger partial charge is 0.103 e. The normalized spacial score (nSPS) is 19.3. The van der Waals surface area contributed by atoms with Crippen LogP contribution in [0.15, 0.2) is 30.3 Å². The molecule has 1 saturated heterocycles. The number of nitrogens with zero attached hydrogens (tertiary/aromatic N) is 4. The van der Waals surface area contributed by atoms with Gasteiger partial charge in [0.05, 0.1) is 28.7 Å². The lowest BCUT2D eigenvalue weighted by atomic mass is 10.1. The molecule has 1 aliphatic heterocycles. The fourth-order valence-corrected chi connectivity index (χ4v) is 3.61. The number of likely N-dealkylation sites (tertiary alicyclic amines) is 1. The summed E-state index contributed by atoms with van der Waals surface area (Å²) < 4.78 is 1.89. The number of aromatic nitrogens is 2. The van der Waals surface area contributed by atoms with Crippen LogP contribution < -0.4 is 0 Å². The van der Waals surface area contributed by atoms with Crippen LogP contribution in [0.2, 0.25) is 0 Å². The number of rotatable bonds is 5. The maximum Gasteiger partial charge on any atom is 0.103 e. The van der Waals surface area contributed by atoms with E-state index in [1.165, 1.54) is 0 Å². The first-order valence-electron chi connectivity index (χ1n) is 8.56. The van der Waals surface area contributed by atoms with Crippen molar-refractivity contribution in [3.63, 3.8) is 0 Å². The zero-order chi connectivity index (χ0) is 17.1. The van der Waals surface area contributed by atoms with Gasteiger partial charge in [-0.05, 0) is 51.8 Å². The fraction of sp³-hybridized carbons (Fsp3) is 0.474. The molecule has 3 rings (SSSR count). The molecule has 2 aromatic rings. The van der Waals surface area contributed by atoms with Gasteiger partial charge in [0.25, 0.3) is 0 Å². The van der Waals surface area contributed by atoms with Gasteiger partial charge in [0, 0.05) is 12.6 Å². The highest BCUT2D eigenvalue weighted by atomic mass is 16.3. The fourth-order valence-electron chi connectivity index (χ4n) is 3.61. The van der Waals surface area contributed by atoms with Gasteiger partial charge in [0.2, 0.25) is 0 Å². The molecule has 0 aliphatic carbocycles. The lowest BCUT2D eigenvalue weighted by Gasteiger charge is -2.25. The van der Waals surface area contributed by atoms with Gasteiger partial charge in [-0.2, -0.15) is 10.4 Å². The Morgan fingerprint density at radius 3 is 2.79 bits per heavy atom. The second-order valence-corrected chi connectivity index (χ2v) is 6.62. The molecule has 2 atom stereocenters. The summed E-state index contributed by atoms with van der Waals surface area (Å²) in [7, 11) is 0. The number of benzene rings is 1. The van der Waals surface area contributed by atoms with Gasteiger partial charge in [0.1, 0.15) is 6.07 Å². The summed E-state index contributed by atoms with van der Waals surface area (Å²) in [5, 5.41) is 23.9. The molecule has 126 valence electrons. The van der Waals surface area contributed by atoms with Crippen LogP contribution in [0.4, 0.5) is 0 Å². The highest BCUT2D eigenvalue weighted by Gasteiger charge is 2.28. The number of aryl methyl sites for hydroxylation is 1. The Morgan fingerprint density at radius 2 is 2.12 bits per heavy atom. The minimum Gasteiger partial charge on any atom is -0.393 e. The Kier molecular flexibility index (Phi) is 4.98. The number of nitriles is 1. The van der Waals surface area contributed by atoms with E-state index in [0.29, 0.717) is 18.2 Å². The van der Waals surface area contributed by atoms with Crippen LogP contribution in [0.25, 0.3) is 5.69 Å².